The van der Waals surface area contributed by atoms with Crippen LogP contribution in [0.3, 0.4) is 0 Å². The zero-order valence-electron chi connectivity index (χ0n) is 17.0. The second-order valence-corrected chi connectivity index (χ2v) is 6.43. The summed E-state index contributed by atoms with van der Waals surface area (Å²) >= 11 is 0. The number of aromatic nitrogens is 3. The van der Waals surface area contributed by atoms with Gasteiger partial charge in [-0.05, 0) is 25.1 Å². The molecule has 2 aromatic rings. The molecule has 0 radical (unpaired) electrons. The number of aliphatic hydroxyl groups excluding tert-OH is 1. The highest BCUT2D eigenvalue weighted by atomic mass is 19.4. The maximum atomic E-state index is 12.7. The number of benzene rings is 1. The number of ether oxygens (including phenoxy) is 1. The van der Waals surface area contributed by atoms with Crippen LogP contribution >= 0.6 is 0 Å². The van der Waals surface area contributed by atoms with E-state index in [4.69, 9.17) is 4.74 Å². The zero-order valence-corrected chi connectivity index (χ0v) is 17.0. The molecule has 0 bridgehead atoms. The van der Waals surface area contributed by atoms with Crippen molar-refractivity contribution in [3.8, 4) is 5.75 Å². The van der Waals surface area contributed by atoms with Crippen LogP contribution in [-0.2, 0) is 19.1 Å². The van der Waals surface area contributed by atoms with Crippen LogP contribution in [0.2, 0.25) is 0 Å². The van der Waals surface area contributed by atoms with Gasteiger partial charge in [0.2, 0.25) is 0 Å². The van der Waals surface area contributed by atoms with Crippen LogP contribution in [0.1, 0.15) is 25.2 Å². The fourth-order valence-corrected chi connectivity index (χ4v) is 2.58. The van der Waals surface area contributed by atoms with Gasteiger partial charge in [0.05, 0.1) is 12.1 Å². The number of guanidine groups is 1. The van der Waals surface area contributed by atoms with Crippen LogP contribution in [0, 0.1) is 0 Å². The first-order chi connectivity index (χ1) is 14.3. The first-order valence-electron chi connectivity index (χ1n) is 9.70. The Kier molecular flexibility index (Phi) is 8.90. The minimum atomic E-state index is -4.45. The van der Waals surface area contributed by atoms with Gasteiger partial charge in [-0.25, -0.2) is 0 Å². The molecule has 3 N–H and O–H groups in total. The predicted molar refractivity (Wildman–Crippen MR) is 106 cm³/mol. The second-order valence-electron chi connectivity index (χ2n) is 6.43. The van der Waals surface area contributed by atoms with Gasteiger partial charge >= 0.3 is 6.18 Å². The quantitative estimate of drug-likeness (QED) is 0.395. The molecular weight excluding hydrogens is 401 g/mol. The summed E-state index contributed by atoms with van der Waals surface area (Å²) in [5, 5.41) is 24.2. The van der Waals surface area contributed by atoms with Crippen LogP contribution in [0.4, 0.5) is 13.2 Å². The number of hydrogen-bond donors (Lipinski definition) is 3. The van der Waals surface area contributed by atoms with Gasteiger partial charge in [0.25, 0.3) is 0 Å². The molecule has 166 valence electrons. The molecule has 1 atom stereocenters. The lowest BCUT2D eigenvalue weighted by atomic mass is 10.2. The van der Waals surface area contributed by atoms with E-state index in [9.17, 15) is 18.3 Å². The van der Waals surface area contributed by atoms with Crippen molar-refractivity contribution in [3.05, 3.63) is 42.0 Å². The molecule has 1 unspecified atom stereocenters. The van der Waals surface area contributed by atoms with E-state index < -0.39 is 17.8 Å². The molecule has 1 aromatic heterocycles. The Morgan fingerprint density at radius 1 is 1.30 bits per heavy atom. The summed E-state index contributed by atoms with van der Waals surface area (Å²) in [7, 11) is 0. The molecule has 11 heteroatoms. The van der Waals surface area contributed by atoms with Gasteiger partial charge < -0.3 is 25.0 Å². The number of aryl methyl sites for hydroxylation is 1. The van der Waals surface area contributed by atoms with Crippen molar-refractivity contribution in [2.24, 2.45) is 4.99 Å². The van der Waals surface area contributed by atoms with Crippen LogP contribution < -0.4 is 15.4 Å². The molecular formula is C19H27F3N6O2. The molecule has 0 saturated carbocycles. The lowest BCUT2D eigenvalue weighted by molar-refractivity contribution is -0.137. The van der Waals surface area contributed by atoms with E-state index in [1.165, 1.54) is 12.1 Å². The van der Waals surface area contributed by atoms with Crippen LogP contribution in [0.25, 0.3) is 0 Å². The zero-order chi connectivity index (χ0) is 22.0. The van der Waals surface area contributed by atoms with E-state index in [1.54, 1.807) is 6.33 Å². The summed E-state index contributed by atoms with van der Waals surface area (Å²) in [5.74, 6) is 1.45. The number of nitrogens with one attached hydrogen (secondary N) is 2. The predicted octanol–water partition coefficient (Wildman–Crippen LogP) is 1.85. The molecule has 0 saturated heterocycles. The minimum absolute atomic E-state index is 0.0289. The molecule has 0 aliphatic carbocycles. The average Bonchev–Trinajstić information content (AvgIpc) is 3.17. The standard InChI is InChI=1S/C19H27F3N6O2/c1-3-17-27-26-13-28(17)9-8-24-18(23-4-2)25-11-15(29)12-30-16-7-5-6-14(10-16)19(20,21)22/h5-7,10,13,15,29H,3-4,8-9,11-12H2,1-2H3,(H2,23,24,25). The SMILES string of the molecule is CCNC(=NCC(O)COc1cccc(C(F)(F)F)c1)NCCn1cnnc1CC. The van der Waals surface area contributed by atoms with Crippen LogP contribution in [0.5, 0.6) is 5.75 Å². The number of aliphatic imine (C=N–C) groups is 1. The van der Waals surface area contributed by atoms with Crippen molar-refractivity contribution in [2.45, 2.75) is 39.1 Å². The highest BCUT2D eigenvalue weighted by Gasteiger charge is 2.30. The van der Waals surface area contributed by atoms with Crippen molar-refractivity contribution < 1.29 is 23.0 Å². The Morgan fingerprint density at radius 3 is 2.80 bits per heavy atom. The van der Waals surface area contributed by atoms with Gasteiger partial charge in [0, 0.05) is 26.1 Å². The normalized spacial score (nSPS) is 13.2. The summed E-state index contributed by atoms with van der Waals surface area (Å²) in [5.41, 5.74) is -0.800. The van der Waals surface area contributed by atoms with Crippen molar-refractivity contribution in [3.63, 3.8) is 0 Å². The Morgan fingerprint density at radius 2 is 2.10 bits per heavy atom. The number of rotatable bonds is 10. The fraction of sp³-hybridized carbons (Fsp3) is 0.526. The molecule has 0 fully saturated rings. The lowest BCUT2D eigenvalue weighted by Crippen LogP contribution is -2.39. The number of halogens is 3. The smallest absolute Gasteiger partial charge is 0.416 e. The molecule has 2 rings (SSSR count). The van der Waals surface area contributed by atoms with Crippen molar-refractivity contribution in [1.82, 2.24) is 25.4 Å². The Hall–Kier alpha value is -2.82. The topological polar surface area (TPSA) is 96.6 Å². The molecule has 0 aliphatic rings. The monoisotopic (exact) mass is 428 g/mol. The molecule has 30 heavy (non-hydrogen) atoms. The Bertz CT molecular complexity index is 810. The number of aliphatic hydroxyl groups is 1. The van der Waals surface area contributed by atoms with Gasteiger partial charge in [-0.3, -0.25) is 4.99 Å². The van der Waals surface area contributed by atoms with E-state index in [0.717, 1.165) is 24.4 Å². The molecule has 0 spiro atoms. The van der Waals surface area contributed by atoms with Gasteiger partial charge in [-0.15, -0.1) is 10.2 Å². The first-order valence-corrected chi connectivity index (χ1v) is 9.70. The summed E-state index contributed by atoms with van der Waals surface area (Å²) < 4.78 is 45.4. The molecule has 8 nitrogen and oxygen atoms in total. The lowest BCUT2D eigenvalue weighted by Gasteiger charge is -2.15. The largest absolute Gasteiger partial charge is 0.491 e. The maximum absolute atomic E-state index is 12.7. The number of nitrogens with zero attached hydrogens (tertiary/aromatic N) is 4. The van der Waals surface area contributed by atoms with Crippen molar-refractivity contribution in [2.75, 3.05) is 26.2 Å². The summed E-state index contributed by atoms with van der Waals surface area (Å²) in [6, 6.07) is 4.53. The number of hydrogen-bond acceptors (Lipinski definition) is 5. The van der Waals surface area contributed by atoms with E-state index in [0.29, 0.717) is 25.6 Å². The van der Waals surface area contributed by atoms with E-state index in [1.807, 2.05) is 18.4 Å². The second kappa shape index (κ2) is 11.4. The maximum Gasteiger partial charge on any atom is 0.416 e. The van der Waals surface area contributed by atoms with E-state index in [-0.39, 0.29) is 18.9 Å². The van der Waals surface area contributed by atoms with Gasteiger partial charge in [-0.1, -0.05) is 13.0 Å². The third-order valence-corrected chi connectivity index (χ3v) is 4.07. The molecule has 0 aliphatic heterocycles. The van der Waals surface area contributed by atoms with Crippen molar-refractivity contribution >= 4 is 5.96 Å². The van der Waals surface area contributed by atoms with E-state index in [2.05, 4.69) is 25.8 Å². The van der Waals surface area contributed by atoms with Gasteiger partial charge in [0.15, 0.2) is 5.96 Å². The fourth-order valence-electron chi connectivity index (χ4n) is 2.58. The average molecular weight is 428 g/mol. The summed E-state index contributed by atoms with van der Waals surface area (Å²) in [6.45, 7) is 5.64. The van der Waals surface area contributed by atoms with Gasteiger partial charge in [0.1, 0.15) is 30.6 Å². The third kappa shape index (κ3) is 7.54. The highest BCUT2D eigenvalue weighted by molar-refractivity contribution is 5.79. The summed E-state index contributed by atoms with van der Waals surface area (Å²) in [4.78, 5) is 4.29. The molecule has 1 heterocycles. The number of alkyl halides is 3. The third-order valence-electron chi connectivity index (χ3n) is 4.07. The van der Waals surface area contributed by atoms with Crippen LogP contribution in [0.15, 0.2) is 35.6 Å². The molecule has 1 aromatic carbocycles. The molecule has 0 amide bonds. The van der Waals surface area contributed by atoms with E-state index >= 15 is 0 Å². The minimum Gasteiger partial charge on any atom is -0.491 e. The Balaban J connectivity index is 1.82. The Labute approximate surface area is 173 Å². The highest BCUT2D eigenvalue weighted by Crippen LogP contribution is 2.31. The summed E-state index contributed by atoms with van der Waals surface area (Å²) in [6.07, 6.45) is -2.97. The van der Waals surface area contributed by atoms with Crippen molar-refractivity contribution in [1.29, 1.82) is 0 Å². The van der Waals surface area contributed by atoms with Crippen LogP contribution in [-0.4, -0.2) is 58.2 Å². The van der Waals surface area contributed by atoms with Gasteiger partial charge in [-0.2, -0.15) is 13.2 Å². The first kappa shape index (κ1) is 23.5.